The molecule has 0 aliphatic carbocycles. The van der Waals surface area contributed by atoms with Crippen molar-refractivity contribution in [2.75, 3.05) is 21.3 Å². The fourth-order valence-corrected chi connectivity index (χ4v) is 6.68. The van der Waals surface area contributed by atoms with Crippen molar-refractivity contribution < 1.29 is 52.8 Å². The number of aromatic amines is 1. The van der Waals surface area contributed by atoms with Crippen molar-refractivity contribution in [2.45, 2.75) is 70.2 Å². The number of ether oxygens (including phenoxy) is 4. The third-order valence-corrected chi connectivity index (χ3v) is 9.52. The maximum Gasteiger partial charge on any atom is 0.408 e. The van der Waals surface area contributed by atoms with Gasteiger partial charge in [-0.25, -0.2) is 9.69 Å². The zero-order valence-corrected chi connectivity index (χ0v) is 34.2. The predicted molar refractivity (Wildman–Crippen MR) is 222 cm³/mol. The van der Waals surface area contributed by atoms with Gasteiger partial charge in [0.15, 0.2) is 0 Å². The van der Waals surface area contributed by atoms with E-state index in [0.29, 0.717) is 27.8 Å². The lowest BCUT2D eigenvalue weighted by Gasteiger charge is -2.29. The molecular weight excluding hydrogens is 775 g/mol. The van der Waals surface area contributed by atoms with Gasteiger partial charge < -0.3 is 45.4 Å². The molecule has 16 nitrogen and oxygen atoms in total. The van der Waals surface area contributed by atoms with E-state index in [1.54, 1.807) is 57.3 Å². The van der Waals surface area contributed by atoms with Gasteiger partial charge in [-0.3, -0.25) is 24.0 Å². The van der Waals surface area contributed by atoms with Crippen LogP contribution in [0.25, 0.3) is 21.7 Å². The van der Waals surface area contributed by atoms with Crippen molar-refractivity contribution in [2.24, 2.45) is 5.73 Å². The monoisotopic (exact) mass is 823 g/mol. The van der Waals surface area contributed by atoms with E-state index >= 15 is 0 Å². The summed E-state index contributed by atoms with van der Waals surface area (Å²) in [6.45, 7) is 4.84. The van der Waals surface area contributed by atoms with Crippen LogP contribution in [0.5, 0.6) is 17.2 Å². The second-order valence-electron chi connectivity index (χ2n) is 15.0. The number of carbonyl (C=O) groups excluding carboxylic acids is 5. The third-order valence-electron chi connectivity index (χ3n) is 9.52. The first-order chi connectivity index (χ1) is 28.5. The number of amides is 5. The van der Waals surface area contributed by atoms with E-state index in [1.807, 2.05) is 36.4 Å². The average Bonchev–Trinajstić information content (AvgIpc) is 3.61. The number of benzene rings is 4. The van der Waals surface area contributed by atoms with Crippen molar-refractivity contribution in [3.05, 3.63) is 102 Å². The van der Waals surface area contributed by atoms with Gasteiger partial charge in [0.05, 0.1) is 40.2 Å². The largest absolute Gasteiger partial charge is 0.496 e. The number of para-hydroxylation sites is 1. The molecule has 0 unspecified atom stereocenters. The molecule has 3 atom stereocenters. The first-order valence-corrected chi connectivity index (χ1v) is 19.0. The van der Waals surface area contributed by atoms with Gasteiger partial charge in [0.2, 0.25) is 11.8 Å². The quantitative estimate of drug-likeness (QED) is 0.0931. The SMILES string of the molecule is COc1cc(OC)c(CC(=O)N(C(=O)[C@H](Cc2c[nH]c3ccccc23)NC(=O)OC(C)(C)C)C(=O)[C@H](CC(=O)O)NC(=O)[C@@H](N)Cc2ccc3ccccc3c2)c(OC)c1. The van der Waals surface area contributed by atoms with Gasteiger partial charge in [-0.2, -0.15) is 0 Å². The fourth-order valence-electron chi connectivity index (χ4n) is 6.68. The van der Waals surface area contributed by atoms with Crippen molar-refractivity contribution >= 4 is 57.4 Å². The van der Waals surface area contributed by atoms with Crippen molar-refractivity contribution in [1.82, 2.24) is 20.5 Å². The van der Waals surface area contributed by atoms with Crippen LogP contribution in [0.3, 0.4) is 0 Å². The van der Waals surface area contributed by atoms with E-state index in [9.17, 15) is 33.9 Å². The second kappa shape index (κ2) is 19.2. The van der Waals surface area contributed by atoms with E-state index in [0.717, 1.165) is 10.8 Å². The van der Waals surface area contributed by atoms with E-state index in [4.69, 9.17) is 24.7 Å². The van der Waals surface area contributed by atoms with Crippen molar-refractivity contribution in [3.63, 3.8) is 0 Å². The number of H-pyrrole nitrogens is 1. The average molecular weight is 824 g/mol. The molecule has 1 heterocycles. The molecule has 0 saturated heterocycles. The number of nitrogens with two attached hydrogens (primary N) is 1. The number of carboxylic acids is 1. The number of hydrogen-bond donors (Lipinski definition) is 5. The number of hydrogen-bond acceptors (Lipinski definition) is 11. The summed E-state index contributed by atoms with van der Waals surface area (Å²) in [5.41, 5.74) is 7.36. The molecule has 4 aromatic carbocycles. The Labute approximate surface area is 346 Å². The number of carboxylic acid groups (broad SMARTS) is 1. The molecule has 0 bridgehead atoms. The number of aliphatic carboxylic acids is 1. The minimum atomic E-state index is -1.97. The Kier molecular flexibility index (Phi) is 14.1. The van der Waals surface area contributed by atoms with Gasteiger partial charge in [-0.05, 0) is 55.2 Å². The molecular formula is C44H49N5O11. The molecule has 0 aliphatic heterocycles. The van der Waals surface area contributed by atoms with Crippen LogP contribution in [0.1, 0.15) is 43.9 Å². The molecule has 316 valence electrons. The Morgan fingerprint density at radius 2 is 1.42 bits per heavy atom. The minimum Gasteiger partial charge on any atom is -0.496 e. The summed E-state index contributed by atoms with van der Waals surface area (Å²) >= 11 is 0. The topological polar surface area (TPSA) is 229 Å². The number of carbonyl (C=O) groups is 6. The lowest BCUT2D eigenvalue weighted by molar-refractivity contribution is -0.158. The van der Waals surface area contributed by atoms with E-state index < -0.39 is 72.3 Å². The van der Waals surface area contributed by atoms with Crippen LogP contribution in [-0.2, 0) is 48.0 Å². The highest BCUT2D eigenvalue weighted by atomic mass is 16.6. The molecule has 1 aromatic heterocycles. The molecule has 5 amide bonds. The molecule has 6 N–H and O–H groups in total. The number of fused-ring (bicyclic) bond motifs is 2. The summed E-state index contributed by atoms with van der Waals surface area (Å²) in [6, 6.07) is 18.3. The zero-order chi connectivity index (χ0) is 43.7. The smallest absolute Gasteiger partial charge is 0.408 e. The number of alkyl carbamates (subject to hydrolysis) is 1. The lowest BCUT2D eigenvalue weighted by Crippen LogP contribution is -2.60. The normalized spacial score (nSPS) is 12.8. The highest BCUT2D eigenvalue weighted by Crippen LogP contribution is 2.35. The maximum atomic E-state index is 14.9. The van der Waals surface area contributed by atoms with Gasteiger partial charge in [0, 0.05) is 41.2 Å². The minimum absolute atomic E-state index is 0.00971. The number of nitrogens with zero attached hydrogens (tertiary/aromatic N) is 1. The summed E-state index contributed by atoms with van der Waals surface area (Å²) in [6.07, 6.45) is -1.39. The van der Waals surface area contributed by atoms with Crippen LogP contribution in [0.4, 0.5) is 4.79 Å². The molecule has 0 aliphatic rings. The molecule has 0 fully saturated rings. The van der Waals surface area contributed by atoms with Gasteiger partial charge in [-0.1, -0.05) is 60.7 Å². The van der Waals surface area contributed by atoms with Crippen LogP contribution in [0.15, 0.2) is 85.1 Å². The molecule has 16 heteroatoms. The summed E-state index contributed by atoms with van der Waals surface area (Å²) in [5.74, 6) is -5.70. The summed E-state index contributed by atoms with van der Waals surface area (Å²) in [4.78, 5) is 86.7. The zero-order valence-electron chi connectivity index (χ0n) is 34.2. The van der Waals surface area contributed by atoms with Crippen LogP contribution >= 0.6 is 0 Å². The van der Waals surface area contributed by atoms with Gasteiger partial charge in [0.1, 0.15) is 34.9 Å². The number of rotatable bonds is 16. The lowest BCUT2D eigenvalue weighted by atomic mass is 10.0. The van der Waals surface area contributed by atoms with Gasteiger partial charge >= 0.3 is 12.1 Å². The van der Waals surface area contributed by atoms with E-state index in [1.165, 1.54) is 33.5 Å². The highest BCUT2D eigenvalue weighted by Gasteiger charge is 2.41. The standard InChI is InChI=1S/C44H49N5O11/c1-44(2,3)60-43(56)48-34(19-28-24-46-33-14-10-9-13-30(28)33)41(54)49(38(50)22-31-36(58-5)20-29(57-4)21-37(31)59-6)42(55)35(23-39(51)52)47-40(53)32(45)18-25-15-16-26-11-7-8-12-27(26)17-25/h7-17,20-21,24,32,34-35,46H,18-19,22-23,45H2,1-6H3,(H,47,53)(H,48,56)(H,51,52)/t32-,34-,35-/m0/s1. The number of aromatic nitrogens is 1. The van der Waals surface area contributed by atoms with Gasteiger partial charge in [0.25, 0.3) is 11.8 Å². The van der Waals surface area contributed by atoms with Crippen LogP contribution < -0.4 is 30.6 Å². The Morgan fingerprint density at radius 1 is 0.783 bits per heavy atom. The fraction of sp³-hybridized carbons (Fsp3) is 0.318. The summed E-state index contributed by atoms with van der Waals surface area (Å²) in [5, 5.41) is 17.4. The Balaban J connectivity index is 1.55. The molecule has 0 saturated carbocycles. The molecule has 5 aromatic rings. The Hall–Kier alpha value is -6.94. The Bertz CT molecular complexity index is 2380. The second-order valence-corrected chi connectivity index (χ2v) is 15.0. The van der Waals surface area contributed by atoms with Crippen molar-refractivity contribution in [3.8, 4) is 17.2 Å². The van der Waals surface area contributed by atoms with Crippen LogP contribution in [0, 0.1) is 0 Å². The number of nitrogens with one attached hydrogen (secondary N) is 3. The maximum absolute atomic E-state index is 14.9. The summed E-state index contributed by atoms with van der Waals surface area (Å²) < 4.78 is 21.8. The van der Waals surface area contributed by atoms with Gasteiger partial charge in [-0.15, -0.1) is 0 Å². The molecule has 0 radical (unpaired) electrons. The first-order valence-electron chi connectivity index (χ1n) is 19.0. The highest BCUT2D eigenvalue weighted by molar-refractivity contribution is 6.15. The van der Waals surface area contributed by atoms with E-state index in [-0.39, 0.29) is 34.8 Å². The third kappa shape index (κ3) is 11.0. The molecule has 60 heavy (non-hydrogen) atoms. The number of methoxy groups -OCH3 is 3. The predicted octanol–water partition coefficient (Wildman–Crippen LogP) is 4.44. The Morgan fingerprint density at radius 3 is 2.05 bits per heavy atom. The van der Waals surface area contributed by atoms with Crippen LogP contribution in [-0.4, -0.2) is 95.7 Å². The first kappa shape index (κ1) is 44.2. The summed E-state index contributed by atoms with van der Waals surface area (Å²) in [7, 11) is 4.07. The molecule has 0 spiro atoms. The number of imide groups is 3. The molecule has 5 rings (SSSR count). The van der Waals surface area contributed by atoms with Crippen LogP contribution in [0.2, 0.25) is 0 Å². The van der Waals surface area contributed by atoms with Crippen molar-refractivity contribution in [1.29, 1.82) is 0 Å². The van der Waals surface area contributed by atoms with E-state index in [2.05, 4.69) is 15.6 Å².